The SMILES string of the molecule is CCCCCOC(=O)c1cn([C@@H]2O[C@H](CO)[C@@H](O)[C@H]2O)c(=O)nc1N. The van der Waals surface area contributed by atoms with Crippen LogP contribution in [0.15, 0.2) is 11.0 Å². The molecular formula is C15H23N3O7. The molecule has 1 aliphatic rings. The molecular weight excluding hydrogens is 334 g/mol. The van der Waals surface area contributed by atoms with Crippen LogP contribution in [0.3, 0.4) is 0 Å². The number of aliphatic hydroxyl groups excluding tert-OH is 3. The van der Waals surface area contributed by atoms with E-state index in [0.29, 0.717) is 6.42 Å². The van der Waals surface area contributed by atoms with Crippen molar-refractivity contribution in [2.75, 3.05) is 18.9 Å². The Balaban J connectivity index is 2.23. The van der Waals surface area contributed by atoms with Gasteiger partial charge in [-0.25, -0.2) is 9.59 Å². The van der Waals surface area contributed by atoms with Crippen LogP contribution < -0.4 is 11.4 Å². The summed E-state index contributed by atoms with van der Waals surface area (Å²) in [5.74, 6) is -1.05. The van der Waals surface area contributed by atoms with E-state index in [1.807, 2.05) is 6.92 Å². The molecule has 4 atom stereocenters. The Kier molecular flexibility index (Phi) is 6.48. The normalized spacial score (nSPS) is 25.9. The number of esters is 1. The maximum absolute atomic E-state index is 12.1. The zero-order chi connectivity index (χ0) is 18.6. The Labute approximate surface area is 143 Å². The first-order valence-electron chi connectivity index (χ1n) is 8.09. The lowest BCUT2D eigenvalue weighted by molar-refractivity contribution is -0.0550. The average molecular weight is 357 g/mol. The van der Waals surface area contributed by atoms with Gasteiger partial charge >= 0.3 is 11.7 Å². The zero-order valence-corrected chi connectivity index (χ0v) is 13.9. The van der Waals surface area contributed by atoms with Gasteiger partial charge in [0.1, 0.15) is 29.7 Å². The Morgan fingerprint density at radius 2 is 2.12 bits per heavy atom. The number of rotatable bonds is 7. The summed E-state index contributed by atoms with van der Waals surface area (Å²) in [7, 11) is 0. The second kappa shape index (κ2) is 8.39. The number of anilines is 1. The Morgan fingerprint density at radius 3 is 2.72 bits per heavy atom. The Hall–Kier alpha value is -2.01. The van der Waals surface area contributed by atoms with E-state index in [9.17, 15) is 19.8 Å². The quantitative estimate of drug-likeness (QED) is 0.347. The van der Waals surface area contributed by atoms with Crippen LogP contribution in [0.4, 0.5) is 5.82 Å². The minimum absolute atomic E-state index is 0.145. The number of nitrogens with two attached hydrogens (primary N) is 1. The van der Waals surface area contributed by atoms with Crippen LogP contribution in [0.25, 0.3) is 0 Å². The molecule has 0 bridgehead atoms. The van der Waals surface area contributed by atoms with Crippen molar-refractivity contribution < 1.29 is 29.6 Å². The lowest BCUT2D eigenvalue weighted by Crippen LogP contribution is -2.36. The molecule has 2 rings (SSSR count). The summed E-state index contributed by atoms with van der Waals surface area (Å²) in [6.45, 7) is 1.68. The molecule has 10 heteroatoms. The van der Waals surface area contributed by atoms with Crippen LogP contribution in [-0.4, -0.2) is 62.4 Å². The standard InChI is InChI=1S/C15H23N3O7/c1-2-3-4-5-24-14(22)8-6-18(15(23)17-12(8)16)13-11(21)10(20)9(7-19)25-13/h6,9-11,13,19-21H,2-5,7H2,1H3,(H2,16,17,23)/t9-,10-,11-,13-/m1/s1. The van der Waals surface area contributed by atoms with Gasteiger partial charge in [0.05, 0.1) is 13.2 Å². The van der Waals surface area contributed by atoms with Gasteiger partial charge in [0, 0.05) is 6.20 Å². The minimum Gasteiger partial charge on any atom is -0.462 e. The molecule has 25 heavy (non-hydrogen) atoms. The van der Waals surface area contributed by atoms with Crippen molar-refractivity contribution in [2.24, 2.45) is 0 Å². The largest absolute Gasteiger partial charge is 0.462 e. The highest BCUT2D eigenvalue weighted by Crippen LogP contribution is 2.28. The van der Waals surface area contributed by atoms with Gasteiger partial charge in [0.25, 0.3) is 0 Å². The van der Waals surface area contributed by atoms with Crippen LogP contribution in [-0.2, 0) is 9.47 Å². The first-order valence-corrected chi connectivity index (χ1v) is 8.09. The molecule has 1 saturated heterocycles. The van der Waals surface area contributed by atoms with Crippen molar-refractivity contribution in [2.45, 2.75) is 50.7 Å². The van der Waals surface area contributed by atoms with Crippen LogP contribution >= 0.6 is 0 Å². The van der Waals surface area contributed by atoms with Gasteiger partial charge in [0.2, 0.25) is 0 Å². The fraction of sp³-hybridized carbons (Fsp3) is 0.667. The third kappa shape index (κ3) is 4.15. The van der Waals surface area contributed by atoms with E-state index >= 15 is 0 Å². The van der Waals surface area contributed by atoms with Gasteiger partial charge in [0.15, 0.2) is 6.23 Å². The maximum atomic E-state index is 12.1. The van der Waals surface area contributed by atoms with E-state index in [-0.39, 0.29) is 18.0 Å². The molecule has 0 aliphatic carbocycles. The second-order valence-electron chi connectivity index (χ2n) is 5.80. The van der Waals surface area contributed by atoms with Crippen molar-refractivity contribution in [1.82, 2.24) is 9.55 Å². The number of nitrogens with zero attached hydrogens (tertiary/aromatic N) is 2. The summed E-state index contributed by atoms with van der Waals surface area (Å²) in [4.78, 5) is 27.7. The van der Waals surface area contributed by atoms with Crippen LogP contribution in [0.5, 0.6) is 0 Å². The second-order valence-corrected chi connectivity index (χ2v) is 5.80. The maximum Gasteiger partial charge on any atom is 0.351 e. The number of aromatic nitrogens is 2. The highest BCUT2D eigenvalue weighted by atomic mass is 16.6. The molecule has 0 radical (unpaired) electrons. The van der Waals surface area contributed by atoms with E-state index in [0.717, 1.165) is 23.6 Å². The number of nitrogen functional groups attached to an aromatic ring is 1. The smallest absolute Gasteiger partial charge is 0.351 e. The first kappa shape index (κ1) is 19.3. The topological polar surface area (TPSA) is 157 Å². The van der Waals surface area contributed by atoms with Gasteiger partial charge in [-0.05, 0) is 6.42 Å². The lowest BCUT2D eigenvalue weighted by atomic mass is 10.1. The molecule has 10 nitrogen and oxygen atoms in total. The van der Waals surface area contributed by atoms with E-state index in [1.54, 1.807) is 0 Å². The number of hydrogen-bond acceptors (Lipinski definition) is 9. The van der Waals surface area contributed by atoms with Crippen molar-refractivity contribution in [3.63, 3.8) is 0 Å². The fourth-order valence-electron chi connectivity index (χ4n) is 2.53. The molecule has 0 saturated carbocycles. The molecule has 1 aliphatic heterocycles. The van der Waals surface area contributed by atoms with Gasteiger partial charge in [-0.15, -0.1) is 0 Å². The van der Waals surface area contributed by atoms with Gasteiger partial charge in [-0.2, -0.15) is 4.98 Å². The van der Waals surface area contributed by atoms with Gasteiger partial charge in [-0.3, -0.25) is 4.57 Å². The van der Waals surface area contributed by atoms with E-state index in [1.165, 1.54) is 0 Å². The molecule has 0 unspecified atom stereocenters. The van der Waals surface area contributed by atoms with Gasteiger partial charge in [-0.1, -0.05) is 19.8 Å². The molecule has 5 N–H and O–H groups in total. The number of carbonyl (C=O) groups is 1. The highest BCUT2D eigenvalue weighted by Gasteiger charge is 2.44. The molecule has 0 amide bonds. The number of unbranched alkanes of at least 4 members (excludes halogenated alkanes) is 2. The minimum atomic E-state index is -1.48. The number of aliphatic hydroxyl groups is 3. The molecule has 0 aromatic carbocycles. The summed E-state index contributed by atoms with van der Waals surface area (Å²) < 4.78 is 11.2. The number of ether oxygens (including phenoxy) is 2. The first-order chi connectivity index (χ1) is 11.9. The number of carbonyl (C=O) groups excluding carboxylic acids is 1. The summed E-state index contributed by atoms with van der Waals surface area (Å²) in [6, 6.07) is 0. The Morgan fingerprint density at radius 1 is 1.40 bits per heavy atom. The average Bonchev–Trinajstić information content (AvgIpc) is 2.87. The molecule has 1 fully saturated rings. The molecule has 1 aromatic rings. The lowest BCUT2D eigenvalue weighted by Gasteiger charge is -2.18. The third-order valence-corrected chi connectivity index (χ3v) is 3.97. The predicted octanol–water partition coefficient (Wildman–Crippen LogP) is -1.22. The molecule has 1 aromatic heterocycles. The highest BCUT2D eigenvalue weighted by molar-refractivity contribution is 5.93. The van der Waals surface area contributed by atoms with Crippen LogP contribution in [0.2, 0.25) is 0 Å². The monoisotopic (exact) mass is 357 g/mol. The summed E-state index contributed by atoms with van der Waals surface area (Å²) in [6.07, 6.45) is -1.58. The van der Waals surface area contributed by atoms with Crippen LogP contribution in [0, 0.1) is 0 Å². The molecule has 0 spiro atoms. The van der Waals surface area contributed by atoms with Crippen molar-refractivity contribution in [1.29, 1.82) is 0 Å². The molecule has 2 heterocycles. The third-order valence-electron chi connectivity index (χ3n) is 3.97. The fourth-order valence-corrected chi connectivity index (χ4v) is 2.53. The van der Waals surface area contributed by atoms with Crippen molar-refractivity contribution >= 4 is 11.8 Å². The summed E-state index contributed by atoms with van der Waals surface area (Å²) in [5.41, 5.74) is 4.61. The van der Waals surface area contributed by atoms with Gasteiger partial charge < -0.3 is 30.5 Å². The van der Waals surface area contributed by atoms with E-state index in [4.69, 9.17) is 20.3 Å². The van der Waals surface area contributed by atoms with E-state index < -0.39 is 42.8 Å². The van der Waals surface area contributed by atoms with Crippen molar-refractivity contribution in [3.8, 4) is 0 Å². The number of hydrogen-bond donors (Lipinski definition) is 4. The predicted molar refractivity (Wildman–Crippen MR) is 85.7 cm³/mol. The van der Waals surface area contributed by atoms with Crippen molar-refractivity contribution in [3.05, 3.63) is 22.2 Å². The van der Waals surface area contributed by atoms with Crippen LogP contribution in [0.1, 0.15) is 42.8 Å². The summed E-state index contributed by atoms with van der Waals surface area (Å²) in [5, 5.41) is 28.9. The molecule has 140 valence electrons. The van der Waals surface area contributed by atoms with E-state index in [2.05, 4.69) is 4.98 Å². The summed E-state index contributed by atoms with van der Waals surface area (Å²) >= 11 is 0. The zero-order valence-electron chi connectivity index (χ0n) is 13.9. The Bertz CT molecular complexity index is 663.